The van der Waals surface area contributed by atoms with Crippen LogP contribution in [0.25, 0.3) is 11.5 Å². The fourth-order valence-electron chi connectivity index (χ4n) is 2.40. The third-order valence-corrected chi connectivity index (χ3v) is 4.18. The van der Waals surface area contributed by atoms with Crippen molar-refractivity contribution in [3.63, 3.8) is 0 Å². The number of aryl methyl sites for hydroxylation is 1. The van der Waals surface area contributed by atoms with E-state index in [1.807, 2.05) is 4.98 Å². The normalized spacial score (nSPS) is 12.8. The lowest BCUT2D eigenvalue weighted by atomic mass is 10.2. The van der Waals surface area contributed by atoms with Crippen molar-refractivity contribution in [2.75, 3.05) is 0 Å². The highest BCUT2D eigenvalue weighted by molar-refractivity contribution is 6.31. The van der Waals surface area contributed by atoms with Crippen molar-refractivity contribution in [3.05, 3.63) is 57.0 Å². The molecule has 0 spiro atoms. The molecule has 172 valence electrons. The minimum Gasteiger partial charge on any atom is -0.449 e. The first-order chi connectivity index (χ1) is 14.6. The standard InChI is InChI=1S/C17H8ClF8N3O3/c1-6-27-10(5-31-6)13-28-12(15(19,20)17(24,25)26)11(14(30)29-13)32-7-2-3-9(18)8(4-7)16(21,22)23/h2-5H,1H3,(H,28,29,30). The molecule has 3 rings (SSSR count). The molecule has 1 N–H and O–H groups in total. The van der Waals surface area contributed by atoms with Crippen LogP contribution in [0.15, 0.2) is 33.7 Å². The van der Waals surface area contributed by atoms with Gasteiger partial charge in [0.1, 0.15) is 17.7 Å². The predicted molar refractivity (Wildman–Crippen MR) is 91.6 cm³/mol. The molecule has 0 radical (unpaired) electrons. The van der Waals surface area contributed by atoms with Crippen LogP contribution in [0, 0.1) is 6.92 Å². The quantitative estimate of drug-likeness (QED) is 0.465. The van der Waals surface area contributed by atoms with E-state index in [0.29, 0.717) is 6.07 Å². The fraction of sp³-hybridized carbons (Fsp3) is 0.235. The Morgan fingerprint density at radius 2 is 1.72 bits per heavy atom. The van der Waals surface area contributed by atoms with Gasteiger partial charge >= 0.3 is 18.3 Å². The summed E-state index contributed by atoms with van der Waals surface area (Å²) in [6.07, 6.45) is -10.4. The van der Waals surface area contributed by atoms with E-state index in [0.717, 1.165) is 12.3 Å². The Kier molecular flexibility index (Phi) is 5.70. The van der Waals surface area contributed by atoms with Gasteiger partial charge in [-0.2, -0.15) is 35.1 Å². The smallest absolute Gasteiger partial charge is 0.449 e. The first-order valence-corrected chi connectivity index (χ1v) is 8.55. The molecule has 15 heteroatoms. The molecule has 0 amide bonds. The molecule has 0 aliphatic heterocycles. The molecular weight excluding hydrogens is 482 g/mol. The Hall–Kier alpha value is -3.16. The highest BCUT2D eigenvalue weighted by atomic mass is 35.5. The Bertz CT molecular complexity index is 1220. The Labute approximate surface area is 176 Å². The van der Waals surface area contributed by atoms with Crippen molar-refractivity contribution in [3.8, 4) is 23.0 Å². The Morgan fingerprint density at radius 3 is 2.25 bits per heavy atom. The SMILES string of the molecule is Cc1nc(-c2nc(C(F)(F)C(F)(F)F)c(Oc3ccc(Cl)c(C(F)(F)F)c3)c(=O)[nH]2)co1. The van der Waals surface area contributed by atoms with Crippen LogP contribution < -0.4 is 10.3 Å². The largest absolute Gasteiger partial charge is 0.459 e. The Balaban J connectivity index is 2.21. The van der Waals surface area contributed by atoms with Crippen LogP contribution in [-0.4, -0.2) is 21.1 Å². The molecule has 0 fully saturated rings. The molecule has 1 aromatic carbocycles. The van der Waals surface area contributed by atoms with Gasteiger partial charge in [0.05, 0.1) is 10.6 Å². The monoisotopic (exact) mass is 489 g/mol. The average molecular weight is 490 g/mol. The van der Waals surface area contributed by atoms with Gasteiger partial charge in [-0.25, -0.2) is 9.97 Å². The number of nitrogens with one attached hydrogen (secondary N) is 1. The van der Waals surface area contributed by atoms with Crippen molar-refractivity contribution in [2.45, 2.75) is 25.2 Å². The number of ether oxygens (including phenoxy) is 1. The molecule has 0 unspecified atom stereocenters. The van der Waals surface area contributed by atoms with Gasteiger partial charge < -0.3 is 14.1 Å². The van der Waals surface area contributed by atoms with Crippen molar-refractivity contribution < 1.29 is 44.3 Å². The number of hydrogen-bond acceptors (Lipinski definition) is 5. The molecule has 0 aliphatic carbocycles. The van der Waals surface area contributed by atoms with E-state index in [1.165, 1.54) is 6.92 Å². The van der Waals surface area contributed by atoms with Gasteiger partial charge in [0.2, 0.25) is 5.75 Å². The third-order valence-electron chi connectivity index (χ3n) is 3.86. The first-order valence-electron chi connectivity index (χ1n) is 8.17. The molecule has 2 heterocycles. The molecule has 0 bridgehead atoms. The van der Waals surface area contributed by atoms with Crippen LogP contribution in [0.2, 0.25) is 5.02 Å². The van der Waals surface area contributed by atoms with Crippen LogP contribution in [-0.2, 0) is 12.1 Å². The summed E-state index contributed by atoms with van der Waals surface area (Å²) in [6, 6.07) is 1.63. The molecule has 6 nitrogen and oxygen atoms in total. The number of halogens is 9. The molecule has 0 aliphatic rings. The lowest BCUT2D eigenvalue weighted by Crippen LogP contribution is -2.36. The third kappa shape index (κ3) is 4.40. The van der Waals surface area contributed by atoms with Crippen LogP contribution in [0.5, 0.6) is 11.5 Å². The summed E-state index contributed by atoms with van der Waals surface area (Å²) in [4.78, 5) is 21.0. The summed E-state index contributed by atoms with van der Waals surface area (Å²) in [5, 5.41) is -0.797. The molecular formula is C17H8ClF8N3O3. The van der Waals surface area contributed by atoms with Crippen molar-refractivity contribution in [1.29, 1.82) is 0 Å². The minimum absolute atomic E-state index is 0.0204. The number of oxazole rings is 1. The van der Waals surface area contributed by atoms with E-state index in [9.17, 15) is 39.9 Å². The number of nitrogens with zero attached hydrogens (tertiary/aromatic N) is 2. The summed E-state index contributed by atoms with van der Waals surface area (Å²) in [5.41, 5.74) is -5.68. The van der Waals surface area contributed by atoms with E-state index >= 15 is 0 Å². The highest BCUT2D eigenvalue weighted by Crippen LogP contribution is 2.46. The van der Waals surface area contributed by atoms with Gasteiger partial charge in [0.25, 0.3) is 5.56 Å². The van der Waals surface area contributed by atoms with Gasteiger partial charge in [-0.05, 0) is 18.2 Å². The summed E-state index contributed by atoms with van der Waals surface area (Å²) < 4.78 is 116. The zero-order chi connectivity index (χ0) is 24.1. The number of alkyl halides is 8. The maximum absolute atomic E-state index is 14.2. The maximum atomic E-state index is 14.2. The number of H-pyrrole nitrogens is 1. The molecule has 0 atom stereocenters. The second-order valence-corrected chi connectivity index (χ2v) is 6.56. The van der Waals surface area contributed by atoms with Crippen LogP contribution >= 0.6 is 11.6 Å². The van der Waals surface area contributed by atoms with Gasteiger partial charge in [-0.1, -0.05) is 11.6 Å². The number of aromatic nitrogens is 3. The summed E-state index contributed by atoms with van der Waals surface area (Å²) in [6.45, 7) is 1.32. The maximum Gasteiger partial charge on any atom is 0.459 e. The summed E-state index contributed by atoms with van der Waals surface area (Å²) in [5.74, 6) is -9.12. The van der Waals surface area contributed by atoms with Gasteiger partial charge in [-0.3, -0.25) is 4.79 Å². The number of benzene rings is 1. The average Bonchev–Trinajstić information content (AvgIpc) is 3.09. The molecule has 0 saturated heterocycles. The lowest BCUT2D eigenvalue weighted by Gasteiger charge is -2.21. The predicted octanol–water partition coefficient (Wildman–Crippen LogP) is 5.85. The zero-order valence-electron chi connectivity index (χ0n) is 15.3. The van der Waals surface area contributed by atoms with E-state index in [-0.39, 0.29) is 17.7 Å². The first kappa shape index (κ1) is 23.5. The van der Waals surface area contributed by atoms with Crippen LogP contribution in [0.3, 0.4) is 0 Å². The fourth-order valence-corrected chi connectivity index (χ4v) is 2.63. The summed E-state index contributed by atoms with van der Waals surface area (Å²) in [7, 11) is 0. The van der Waals surface area contributed by atoms with Crippen LogP contribution in [0.1, 0.15) is 17.1 Å². The van der Waals surface area contributed by atoms with Crippen molar-refractivity contribution >= 4 is 11.6 Å². The second-order valence-electron chi connectivity index (χ2n) is 6.16. The van der Waals surface area contributed by atoms with E-state index < -0.39 is 57.4 Å². The Morgan fingerprint density at radius 1 is 1.06 bits per heavy atom. The second kappa shape index (κ2) is 7.76. The van der Waals surface area contributed by atoms with Gasteiger partial charge in [-0.15, -0.1) is 0 Å². The van der Waals surface area contributed by atoms with Crippen molar-refractivity contribution in [1.82, 2.24) is 15.0 Å². The summed E-state index contributed by atoms with van der Waals surface area (Å²) >= 11 is 5.43. The molecule has 3 aromatic rings. The number of rotatable bonds is 4. The number of aromatic amines is 1. The van der Waals surface area contributed by atoms with Gasteiger partial charge in [0, 0.05) is 6.92 Å². The molecule has 0 saturated carbocycles. The topological polar surface area (TPSA) is 81.0 Å². The van der Waals surface area contributed by atoms with E-state index in [4.69, 9.17) is 20.8 Å². The highest BCUT2D eigenvalue weighted by Gasteiger charge is 2.62. The zero-order valence-corrected chi connectivity index (χ0v) is 16.1. The van der Waals surface area contributed by atoms with E-state index in [1.54, 1.807) is 0 Å². The minimum atomic E-state index is -6.22. The molecule has 32 heavy (non-hydrogen) atoms. The van der Waals surface area contributed by atoms with Crippen molar-refractivity contribution in [2.24, 2.45) is 0 Å². The van der Waals surface area contributed by atoms with Gasteiger partial charge in [0.15, 0.2) is 17.4 Å². The van der Waals surface area contributed by atoms with E-state index in [2.05, 4.69) is 9.97 Å². The van der Waals surface area contributed by atoms with Crippen LogP contribution in [0.4, 0.5) is 35.1 Å². The molecule has 2 aromatic heterocycles. The number of hydrogen-bond donors (Lipinski definition) is 1. The lowest BCUT2D eigenvalue weighted by molar-refractivity contribution is -0.291.